The van der Waals surface area contributed by atoms with E-state index < -0.39 is 10.8 Å². The standard InChI is InChI=1S/C24H36N4O3S/c1-16(2)21(15-29)26-23(22-17(3)11-14-32(22)30)27-24(25)28-12-9-19(10-13-28)18-5-7-20(31-4)8-6-18/h5-8,16,19,21,29H,9-15H2,1-4H3,(H2,25,26,27)/t21-,32?/m0/s1. The molecule has 32 heavy (non-hydrogen) atoms. The van der Waals surface area contributed by atoms with Gasteiger partial charge in [-0.1, -0.05) is 31.6 Å². The van der Waals surface area contributed by atoms with E-state index in [2.05, 4.69) is 22.0 Å². The van der Waals surface area contributed by atoms with Gasteiger partial charge in [0, 0.05) is 18.8 Å². The van der Waals surface area contributed by atoms with Gasteiger partial charge >= 0.3 is 0 Å². The smallest absolute Gasteiger partial charge is 0.198 e. The molecule has 2 aliphatic rings. The summed E-state index contributed by atoms with van der Waals surface area (Å²) in [6, 6.07) is 7.97. The van der Waals surface area contributed by atoms with E-state index in [1.165, 1.54) is 5.56 Å². The molecule has 1 saturated heterocycles. The van der Waals surface area contributed by atoms with Gasteiger partial charge in [0.15, 0.2) is 11.8 Å². The van der Waals surface area contributed by atoms with Crippen molar-refractivity contribution in [3.63, 3.8) is 0 Å². The number of methoxy groups -OCH3 is 1. The van der Waals surface area contributed by atoms with Crippen molar-refractivity contribution in [2.45, 2.75) is 52.0 Å². The molecule has 7 nitrogen and oxygen atoms in total. The molecule has 1 aromatic carbocycles. The number of ether oxygens (including phenoxy) is 1. The summed E-state index contributed by atoms with van der Waals surface area (Å²) in [4.78, 5) is 12.1. The number of nitrogens with zero attached hydrogens (tertiary/aromatic N) is 3. The van der Waals surface area contributed by atoms with Gasteiger partial charge in [0.2, 0.25) is 0 Å². The molecular weight excluding hydrogens is 424 g/mol. The van der Waals surface area contributed by atoms with E-state index in [0.29, 0.717) is 28.4 Å². The van der Waals surface area contributed by atoms with Crippen molar-refractivity contribution in [3.05, 3.63) is 40.3 Å². The van der Waals surface area contributed by atoms with E-state index in [4.69, 9.17) is 15.5 Å². The second-order valence-electron chi connectivity index (χ2n) is 8.86. The molecule has 3 rings (SSSR count). The number of nitrogens with two attached hydrogens (primary N) is 1. The molecule has 2 aliphatic heterocycles. The van der Waals surface area contributed by atoms with Crippen molar-refractivity contribution in [1.29, 1.82) is 0 Å². The zero-order valence-corrected chi connectivity index (χ0v) is 20.4. The van der Waals surface area contributed by atoms with Crippen LogP contribution in [-0.2, 0) is 10.8 Å². The highest BCUT2D eigenvalue weighted by Crippen LogP contribution is 2.30. The number of likely N-dealkylation sites (tertiary alicyclic amines) is 1. The van der Waals surface area contributed by atoms with Crippen LogP contribution in [0.4, 0.5) is 0 Å². The second-order valence-corrected chi connectivity index (χ2v) is 10.4. The molecule has 1 aromatic rings. The molecule has 0 aliphatic carbocycles. The molecule has 0 spiro atoms. The van der Waals surface area contributed by atoms with Gasteiger partial charge in [0.25, 0.3) is 0 Å². The number of allylic oxidation sites excluding steroid dienone is 1. The molecule has 2 atom stereocenters. The Bertz CT molecular complexity index is 900. The topological polar surface area (TPSA) is 101 Å². The van der Waals surface area contributed by atoms with Gasteiger partial charge in [-0.3, -0.25) is 9.20 Å². The lowest BCUT2D eigenvalue weighted by molar-refractivity contribution is 0.240. The molecule has 0 amide bonds. The Balaban J connectivity index is 1.77. The van der Waals surface area contributed by atoms with Crippen LogP contribution in [0.1, 0.15) is 51.5 Å². The third kappa shape index (κ3) is 5.78. The van der Waals surface area contributed by atoms with Crippen LogP contribution >= 0.6 is 0 Å². The molecule has 3 N–H and O–H groups in total. The van der Waals surface area contributed by atoms with Crippen molar-refractivity contribution < 1.29 is 14.1 Å². The number of hydrogen-bond acceptors (Lipinski definition) is 4. The van der Waals surface area contributed by atoms with Crippen molar-refractivity contribution in [2.75, 3.05) is 32.6 Å². The molecular formula is C24H36N4O3S. The summed E-state index contributed by atoms with van der Waals surface area (Å²) in [6.07, 6.45) is 2.73. The summed E-state index contributed by atoms with van der Waals surface area (Å²) in [5.74, 6) is 2.90. The van der Waals surface area contributed by atoms with Gasteiger partial charge in [-0.15, -0.1) is 0 Å². The zero-order valence-electron chi connectivity index (χ0n) is 19.6. The number of aliphatic hydroxyl groups is 1. The Morgan fingerprint density at radius 1 is 1.28 bits per heavy atom. The average molecular weight is 461 g/mol. The van der Waals surface area contributed by atoms with Crippen LogP contribution in [0.3, 0.4) is 0 Å². The molecule has 2 heterocycles. The number of rotatable bonds is 6. The minimum absolute atomic E-state index is 0.0805. The Kier molecular flexibility index (Phi) is 8.48. The van der Waals surface area contributed by atoms with Gasteiger partial charge in [-0.25, -0.2) is 0 Å². The van der Waals surface area contributed by atoms with Crippen LogP contribution in [0.25, 0.3) is 0 Å². The monoisotopic (exact) mass is 460 g/mol. The summed E-state index contributed by atoms with van der Waals surface area (Å²) in [6.45, 7) is 7.51. The largest absolute Gasteiger partial charge is 0.497 e. The van der Waals surface area contributed by atoms with Crippen LogP contribution in [0, 0.1) is 5.92 Å². The minimum Gasteiger partial charge on any atom is -0.497 e. The Morgan fingerprint density at radius 3 is 2.44 bits per heavy atom. The number of hydrogen-bond donors (Lipinski definition) is 2. The molecule has 0 aromatic heterocycles. The lowest BCUT2D eigenvalue weighted by Crippen LogP contribution is -2.43. The lowest BCUT2D eigenvalue weighted by atomic mass is 9.89. The van der Waals surface area contributed by atoms with Crippen LogP contribution < -0.4 is 10.5 Å². The van der Waals surface area contributed by atoms with E-state index in [0.717, 1.165) is 43.7 Å². The number of amidine groups is 1. The molecule has 176 valence electrons. The van der Waals surface area contributed by atoms with Crippen molar-refractivity contribution >= 4 is 22.6 Å². The van der Waals surface area contributed by atoms with E-state index in [1.54, 1.807) is 7.11 Å². The summed E-state index contributed by atoms with van der Waals surface area (Å²) in [7, 11) is 0.545. The molecule has 0 saturated carbocycles. The summed E-state index contributed by atoms with van der Waals surface area (Å²) in [5.41, 5.74) is 8.77. The first-order valence-corrected chi connectivity index (χ1v) is 12.7. The van der Waals surface area contributed by atoms with Crippen molar-refractivity contribution in [1.82, 2.24) is 4.90 Å². The number of benzene rings is 1. The third-order valence-electron chi connectivity index (χ3n) is 6.35. The summed E-state index contributed by atoms with van der Waals surface area (Å²) in [5, 5.41) is 9.78. The molecule has 1 unspecified atom stereocenters. The van der Waals surface area contributed by atoms with E-state index in [9.17, 15) is 9.32 Å². The fourth-order valence-corrected chi connectivity index (χ4v) is 5.63. The lowest BCUT2D eigenvalue weighted by Gasteiger charge is -2.33. The van der Waals surface area contributed by atoms with Crippen LogP contribution in [-0.4, -0.2) is 64.6 Å². The number of aliphatic hydroxyl groups excluding tert-OH is 1. The van der Waals surface area contributed by atoms with Gasteiger partial charge < -0.3 is 20.5 Å². The van der Waals surface area contributed by atoms with E-state index in [1.807, 2.05) is 32.9 Å². The maximum absolute atomic E-state index is 12.6. The molecule has 1 fully saturated rings. The maximum Gasteiger partial charge on any atom is 0.198 e. The predicted octanol–water partition coefficient (Wildman–Crippen LogP) is 3.03. The summed E-state index contributed by atoms with van der Waals surface area (Å²) >= 11 is 0. The highest BCUT2D eigenvalue weighted by molar-refractivity contribution is 7.90. The minimum atomic E-state index is -1.13. The maximum atomic E-state index is 12.6. The first kappa shape index (κ1) is 24.5. The van der Waals surface area contributed by atoms with Crippen molar-refractivity contribution in [2.24, 2.45) is 21.6 Å². The molecule has 0 bridgehead atoms. The molecule has 0 radical (unpaired) electrons. The Labute approximate surface area is 193 Å². The van der Waals surface area contributed by atoms with Crippen LogP contribution in [0.5, 0.6) is 5.75 Å². The number of guanidine groups is 1. The van der Waals surface area contributed by atoms with Crippen LogP contribution in [0.15, 0.2) is 44.7 Å². The predicted molar refractivity (Wildman–Crippen MR) is 132 cm³/mol. The molecule has 8 heteroatoms. The Hall–Kier alpha value is -2.19. The first-order chi connectivity index (χ1) is 15.3. The zero-order chi connectivity index (χ0) is 23.3. The van der Waals surface area contributed by atoms with Crippen LogP contribution in [0.2, 0.25) is 0 Å². The third-order valence-corrected chi connectivity index (χ3v) is 7.91. The van der Waals surface area contributed by atoms with Gasteiger partial charge in [0.05, 0.1) is 35.5 Å². The van der Waals surface area contributed by atoms with Crippen molar-refractivity contribution in [3.8, 4) is 5.75 Å². The fourth-order valence-electron chi connectivity index (χ4n) is 4.14. The highest BCUT2D eigenvalue weighted by Gasteiger charge is 2.27. The Morgan fingerprint density at radius 2 is 1.94 bits per heavy atom. The normalized spacial score (nSPS) is 22.1. The van der Waals surface area contributed by atoms with Gasteiger partial charge in [0.1, 0.15) is 5.75 Å². The van der Waals surface area contributed by atoms with Gasteiger partial charge in [-0.2, -0.15) is 4.99 Å². The SMILES string of the molecule is COc1ccc(C2CCN(C(N)=NC(=N[C@@H](CO)C(C)C)C3=C(C)CCS3=O)CC2)cc1. The first-order valence-electron chi connectivity index (χ1n) is 11.3. The fraction of sp³-hybridized carbons (Fsp3) is 0.583. The van der Waals surface area contributed by atoms with E-state index in [-0.39, 0.29) is 18.6 Å². The van der Waals surface area contributed by atoms with E-state index >= 15 is 0 Å². The quantitative estimate of drug-likeness (QED) is 0.502. The average Bonchev–Trinajstić information content (AvgIpc) is 3.14. The second kappa shape index (κ2) is 11.1. The summed E-state index contributed by atoms with van der Waals surface area (Å²) < 4.78 is 17.9. The van der Waals surface area contributed by atoms with Gasteiger partial charge in [-0.05, 0) is 55.7 Å². The number of piperidine rings is 1. The number of aliphatic imine (C=N–C) groups is 2. The highest BCUT2D eigenvalue weighted by atomic mass is 32.2.